The lowest BCUT2D eigenvalue weighted by atomic mass is 9.65. The fourth-order valence-corrected chi connectivity index (χ4v) is 18.7. The van der Waals surface area contributed by atoms with Gasteiger partial charge in [-0.05, 0) is 173 Å². The van der Waals surface area contributed by atoms with Crippen LogP contribution in [0.5, 0.6) is 23.0 Å². The van der Waals surface area contributed by atoms with Crippen molar-refractivity contribution >= 4 is 0 Å². The lowest BCUT2D eigenvalue weighted by Crippen LogP contribution is -2.32. The van der Waals surface area contributed by atoms with E-state index in [1.54, 1.807) is 0 Å². The van der Waals surface area contributed by atoms with Crippen LogP contribution in [0.2, 0.25) is 0 Å². The molecule has 1 unspecified atom stereocenters. The van der Waals surface area contributed by atoms with Crippen LogP contribution in [-0.4, -0.2) is 19.9 Å². The Morgan fingerprint density at radius 2 is 0.514 bits per heavy atom. The molecule has 17 aromatic rings. The number of para-hydroxylation sites is 2. The van der Waals surface area contributed by atoms with Gasteiger partial charge in [0.05, 0.1) is 33.6 Å². The highest BCUT2D eigenvalue weighted by atomic mass is 16.5. The van der Waals surface area contributed by atoms with Crippen LogP contribution < -0.4 is 9.47 Å². The van der Waals surface area contributed by atoms with Gasteiger partial charge in [-0.2, -0.15) is 0 Å². The highest BCUT2D eigenvalue weighted by Crippen LogP contribution is 2.65. The van der Waals surface area contributed by atoms with Crippen LogP contribution in [0, 0.1) is 0 Å². The molecule has 4 heterocycles. The van der Waals surface area contributed by atoms with Crippen LogP contribution in [0.25, 0.3) is 135 Å². The van der Waals surface area contributed by atoms with E-state index in [0.29, 0.717) is 11.6 Å². The van der Waals surface area contributed by atoms with Gasteiger partial charge in [0.1, 0.15) is 23.0 Å². The van der Waals surface area contributed by atoms with E-state index < -0.39 is 10.8 Å². The average Bonchev–Trinajstić information content (AvgIpc) is 1.56. The summed E-state index contributed by atoms with van der Waals surface area (Å²) in [7, 11) is 0. The molecule has 0 saturated heterocycles. The molecule has 109 heavy (non-hydrogen) atoms. The molecule has 3 aliphatic carbocycles. The molecule has 0 fully saturated rings. The summed E-state index contributed by atoms with van der Waals surface area (Å²) in [6.07, 6.45) is 0. The number of aromatic nitrogens is 4. The minimum absolute atomic E-state index is 0.218. The summed E-state index contributed by atoms with van der Waals surface area (Å²) in [5.41, 5.74) is 33.3. The third-order valence-corrected chi connectivity index (χ3v) is 23.7. The number of hydrogen-bond acceptors (Lipinski definition) is 6. The van der Waals surface area contributed by atoms with Crippen LogP contribution in [0.3, 0.4) is 0 Å². The van der Waals surface area contributed by atoms with Crippen LogP contribution in [0.15, 0.2) is 364 Å². The zero-order chi connectivity index (χ0) is 72.1. The molecule has 2 aromatic heterocycles. The Labute approximate surface area is 632 Å². The zero-order valence-electron chi connectivity index (χ0n) is 59.7. The molecule has 0 radical (unpaired) electrons. The lowest BCUT2D eigenvalue weighted by molar-refractivity contribution is 0.436. The van der Waals surface area contributed by atoms with Crippen molar-refractivity contribution in [3.8, 4) is 158 Å². The maximum Gasteiger partial charge on any atom is 0.160 e. The third kappa shape index (κ3) is 9.41. The van der Waals surface area contributed by atoms with Gasteiger partial charge in [0.15, 0.2) is 11.6 Å². The molecule has 0 saturated carbocycles. The molecular formula is C103H66N4O2. The Morgan fingerprint density at radius 3 is 1.11 bits per heavy atom. The molecule has 0 amide bonds. The monoisotopic (exact) mass is 1390 g/mol. The molecule has 2 aliphatic heterocycles. The Bertz CT molecular complexity index is 6570. The van der Waals surface area contributed by atoms with Gasteiger partial charge in [-0.3, -0.25) is 0 Å². The van der Waals surface area contributed by atoms with Crippen LogP contribution in [0.1, 0.15) is 69.5 Å². The van der Waals surface area contributed by atoms with E-state index in [1.165, 1.54) is 66.8 Å². The van der Waals surface area contributed by atoms with Crippen molar-refractivity contribution in [2.75, 3.05) is 0 Å². The summed E-state index contributed by atoms with van der Waals surface area (Å²) in [6.45, 7) is 4.68. The first-order valence-electron chi connectivity index (χ1n) is 37.5. The number of benzene rings is 15. The van der Waals surface area contributed by atoms with Gasteiger partial charge in [0.2, 0.25) is 0 Å². The molecule has 6 nitrogen and oxygen atoms in total. The largest absolute Gasteiger partial charge is 0.457 e. The number of nitrogens with zero attached hydrogens (tertiary/aromatic N) is 4. The minimum atomic E-state index is -0.787. The molecule has 0 N–H and O–H groups in total. The number of ether oxygens (including phenoxy) is 2. The van der Waals surface area contributed by atoms with Crippen LogP contribution in [0.4, 0.5) is 0 Å². The second-order valence-electron chi connectivity index (χ2n) is 29.8. The summed E-state index contributed by atoms with van der Waals surface area (Å²) >= 11 is 0. The average molecular weight is 1390 g/mol. The second kappa shape index (κ2) is 24.0. The highest BCUT2D eigenvalue weighted by molar-refractivity contribution is 5.95. The van der Waals surface area contributed by atoms with E-state index >= 15 is 0 Å². The second-order valence-corrected chi connectivity index (χ2v) is 29.8. The van der Waals surface area contributed by atoms with Crippen molar-refractivity contribution in [3.05, 3.63) is 420 Å². The predicted molar refractivity (Wildman–Crippen MR) is 439 cm³/mol. The Morgan fingerprint density at radius 1 is 0.183 bits per heavy atom. The smallest absolute Gasteiger partial charge is 0.160 e. The van der Waals surface area contributed by atoms with Gasteiger partial charge in [-0.25, -0.2) is 19.9 Å². The standard InChI is InChI=1S/C103H66N4O2/c1-101(2)81-39-15-11-34-74(81)78-52-48-71(60-87(78)101)93-61-92(70-31-23-29-65(55-70)68-49-53-97-89(58-68)102(85-43-19-21-45-95(85)108-97)82-40-16-12-35-75(82)76-36-13-17-41-83(76)102)105-100(106-93)72-32-24-30-66(56-72)67-47-51-79-77-37-14-18-42-84(77)103(88(79)57-67)86-44-20-22-46-96(86)109-98-54-50-69(59-90(98)103)73-33-9-10-38-80(73)94-62-91(63-25-5-3-6-26-63)104-99(107-94)64-27-7-4-8-28-64/h3-62H,1-2H3. The first kappa shape index (κ1) is 62.4. The van der Waals surface area contributed by atoms with Crippen LogP contribution >= 0.6 is 0 Å². The van der Waals surface area contributed by atoms with E-state index in [9.17, 15) is 0 Å². The van der Waals surface area contributed by atoms with Gasteiger partial charge >= 0.3 is 0 Å². The highest BCUT2D eigenvalue weighted by Gasteiger charge is 2.53. The SMILES string of the molecule is CC1(C)c2ccccc2-c2ccc(-c3cc(-c4cccc(-c5ccc6c(c5)C5(c7ccccc7O6)c6ccccc6-c6ccccc65)c4)nc(-c4cccc(-c5ccc6c(c5)C5(c7ccccc7Oc7ccc(-c8ccccc8-c8cc(-c9ccccc9)nc(-c9ccccc9)n8)cc75)c5ccccc5-6)c4)n3)cc21. The van der Waals surface area contributed by atoms with Crippen LogP contribution in [-0.2, 0) is 16.2 Å². The number of rotatable bonds is 9. The van der Waals surface area contributed by atoms with E-state index in [0.717, 1.165) is 135 Å². The molecule has 15 aromatic carbocycles. The molecule has 22 rings (SSSR count). The van der Waals surface area contributed by atoms with Crippen molar-refractivity contribution in [3.63, 3.8) is 0 Å². The zero-order valence-corrected chi connectivity index (χ0v) is 59.7. The van der Waals surface area contributed by atoms with Gasteiger partial charge in [0.25, 0.3) is 0 Å². The topological polar surface area (TPSA) is 70.0 Å². The van der Waals surface area contributed by atoms with Crippen molar-refractivity contribution in [1.82, 2.24) is 19.9 Å². The molecule has 1 atom stereocenters. The maximum atomic E-state index is 7.10. The fraction of sp³-hybridized carbons (Fsp3) is 0.0485. The van der Waals surface area contributed by atoms with Gasteiger partial charge in [-0.1, -0.05) is 305 Å². The third-order valence-electron chi connectivity index (χ3n) is 23.7. The molecule has 510 valence electrons. The minimum Gasteiger partial charge on any atom is -0.457 e. The first-order chi connectivity index (χ1) is 53.7. The van der Waals surface area contributed by atoms with Crippen molar-refractivity contribution in [2.45, 2.75) is 30.1 Å². The molecule has 5 aliphatic rings. The Hall–Kier alpha value is -13.9. The normalized spacial score (nSPS) is 14.8. The van der Waals surface area contributed by atoms with Crippen molar-refractivity contribution < 1.29 is 9.47 Å². The van der Waals surface area contributed by atoms with E-state index in [4.69, 9.17) is 29.4 Å². The van der Waals surface area contributed by atoms with Crippen molar-refractivity contribution in [1.29, 1.82) is 0 Å². The van der Waals surface area contributed by atoms with Gasteiger partial charge in [0, 0.05) is 61.0 Å². The van der Waals surface area contributed by atoms with Crippen molar-refractivity contribution in [2.24, 2.45) is 0 Å². The first-order valence-corrected chi connectivity index (χ1v) is 37.5. The summed E-state index contributed by atoms with van der Waals surface area (Å²) in [4.78, 5) is 21.8. The molecular weight excluding hydrogens is 1330 g/mol. The van der Waals surface area contributed by atoms with E-state index in [2.05, 4.69) is 354 Å². The van der Waals surface area contributed by atoms with Gasteiger partial charge in [-0.15, -0.1) is 0 Å². The summed E-state index contributed by atoms with van der Waals surface area (Å²) in [5.74, 6) is 4.66. The summed E-state index contributed by atoms with van der Waals surface area (Å²) in [5, 5.41) is 0. The molecule has 2 spiro atoms. The lowest BCUT2D eigenvalue weighted by Gasteiger charge is -2.39. The maximum absolute atomic E-state index is 7.10. The van der Waals surface area contributed by atoms with Gasteiger partial charge < -0.3 is 9.47 Å². The molecule has 6 heteroatoms. The Balaban J connectivity index is 0.684. The quantitative estimate of drug-likeness (QED) is 0.143. The summed E-state index contributed by atoms with van der Waals surface area (Å²) < 4.78 is 14.0. The predicted octanol–water partition coefficient (Wildman–Crippen LogP) is 25.5. The fourth-order valence-electron chi connectivity index (χ4n) is 18.7. The summed E-state index contributed by atoms with van der Waals surface area (Å²) in [6, 6.07) is 132. The van der Waals surface area contributed by atoms with E-state index in [1.807, 2.05) is 24.3 Å². The Kier molecular flexibility index (Phi) is 13.8. The van der Waals surface area contributed by atoms with E-state index in [-0.39, 0.29) is 5.41 Å². The molecule has 0 bridgehead atoms. The number of hydrogen-bond donors (Lipinski definition) is 0. The number of fused-ring (bicyclic) bond motifs is 21.